The molecule has 0 spiro atoms. The SMILES string of the molecule is Cc1ncnc(C)c1C(=O)N1CCC(C)(N2CCN(CC3CCN(S(C)(=O)=O)CC3)[C@@H](C)C2)CC1. The van der Waals surface area contributed by atoms with E-state index in [1.165, 1.54) is 12.6 Å². The molecule has 3 saturated heterocycles. The van der Waals surface area contributed by atoms with Crippen LogP contribution in [0, 0.1) is 19.8 Å². The quantitative estimate of drug-likeness (QED) is 0.601. The summed E-state index contributed by atoms with van der Waals surface area (Å²) in [5.41, 5.74) is 2.26. The van der Waals surface area contributed by atoms with E-state index < -0.39 is 10.0 Å². The third kappa shape index (κ3) is 5.87. The number of carbonyl (C=O) groups is 1. The Morgan fingerprint density at radius 2 is 1.63 bits per heavy atom. The van der Waals surface area contributed by atoms with E-state index >= 15 is 0 Å². The van der Waals surface area contributed by atoms with E-state index in [4.69, 9.17) is 0 Å². The van der Waals surface area contributed by atoms with Crippen LogP contribution >= 0.6 is 0 Å². The molecule has 3 aliphatic heterocycles. The van der Waals surface area contributed by atoms with Crippen LogP contribution in [0.1, 0.15) is 61.3 Å². The topological polar surface area (TPSA) is 90.0 Å². The number of piperidine rings is 2. The number of hydrogen-bond donors (Lipinski definition) is 0. The Bertz CT molecular complexity index is 996. The van der Waals surface area contributed by atoms with Crippen LogP contribution in [0.4, 0.5) is 0 Å². The average molecular weight is 507 g/mol. The standard InChI is InChI=1S/C25H42N6O3S/c1-19-16-30(15-14-29(19)17-22-6-10-31(11-7-22)35(5,33)34)25(4)8-12-28(13-9-25)24(32)23-20(2)26-18-27-21(23)3/h18-19,22H,6-17H2,1-5H3/t19-/m0/s1. The van der Waals surface area contributed by atoms with Crippen LogP contribution in [0.3, 0.4) is 0 Å². The fourth-order valence-corrected chi connectivity index (χ4v) is 6.95. The Hall–Kier alpha value is -1.62. The van der Waals surface area contributed by atoms with Crippen molar-refractivity contribution in [2.75, 3.05) is 58.6 Å². The van der Waals surface area contributed by atoms with Gasteiger partial charge in [-0.05, 0) is 59.3 Å². The lowest BCUT2D eigenvalue weighted by Gasteiger charge is -2.52. The predicted octanol–water partition coefficient (Wildman–Crippen LogP) is 1.77. The van der Waals surface area contributed by atoms with Gasteiger partial charge in [-0.2, -0.15) is 0 Å². The molecule has 0 aliphatic carbocycles. The molecule has 196 valence electrons. The fraction of sp³-hybridized carbons (Fsp3) is 0.800. The normalized spacial score (nSPS) is 25.6. The van der Waals surface area contributed by atoms with Crippen LogP contribution in [-0.4, -0.2) is 113 Å². The Balaban J connectivity index is 1.28. The summed E-state index contributed by atoms with van der Waals surface area (Å²) in [6.07, 6.45) is 6.68. The Kier molecular flexibility index (Phi) is 7.85. The Labute approximate surface area is 210 Å². The van der Waals surface area contributed by atoms with Gasteiger partial charge in [0.1, 0.15) is 6.33 Å². The van der Waals surface area contributed by atoms with Crippen molar-refractivity contribution in [3.05, 3.63) is 23.3 Å². The van der Waals surface area contributed by atoms with Gasteiger partial charge in [0.05, 0.1) is 23.2 Å². The second-order valence-electron chi connectivity index (χ2n) is 11.1. The maximum atomic E-state index is 13.2. The van der Waals surface area contributed by atoms with Gasteiger partial charge in [-0.15, -0.1) is 0 Å². The van der Waals surface area contributed by atoms with Crippen LogP contribution in [-0.2, 0) is 10.0 Å². The summed E-state index contributed by atoms with van der Waals surface area (Å²) in [7, 11) is -3.07. The molecular formula is C25H42N6O3S. The number of aryl methyl sites for hydroxylation is 2. The molecule has 0 radical (unpaired) electrons. The lowest BCUT2D eigenvalue weighted by Crippen LogP contribution is -2.62. The molecule has 1 aromatic rings. The van der Waals surface area contributed by atoms with E-state index in [1.54, 1.807) is 4.31 Å². The number of aromatic nitrogens is 2. The fourth-order valence-electron chi connectivity index (χ4n) is 6.08. The zero-order valence-electron chi connectivity index (χ0n) is 22.0. The van der Waals surface area contributed by atoms with E-state index in [1.807, 2.05) is 18.7 Å². The van der Waals surface area contributed by atoms with Gasteiger partial charge in [-0.1, -0.05) is 0 Å². The summed E-state index contributed by atoms with van der Waals surface area (Å²) in [5.74, 6) is 0.628. The average Bonchev–Trinajstić information content (AvgIpc) is 2.80. The summed E-state index contributed by atoms with van der Waals surface area (Å²) < 4.78 is 25.2. The first-order valence-electron chi connectivity index (χ1n) is 13.0. The van der Waals surface area contributed by atoms with Crippen LogP contribution in [0.25, 0.3) is 0 Å². The van der Waals surface area contributed by atoms with E-state index in [2.05, 4.69) is 33.6 Å². The summed E-state index contributed by atoms with van der Waals surface area (Å²) in [4.78, 5) is 28.9. The molecule has 1 amide bonds. The van der Waals surface area contributed by atoms with Crippen molar-refractivity contribution < 1.29 is 13.2 Å². The van der Waals surface area contributed by atoms with Crippen molar-refractivity contribution in [2.45, 2.75) is 65.0 Å². The number of piperazine rings is 1. The summed E-state index contributed by atoms with van der Waals surface area (Å²) >= 11 is 0. The Morgan fingerprint density at radius 3 is 2.17 bits per heavy atom. The lowest BCUT2D eigenvalue weighted by atomic mass is 9.86. The third-order valence-corrected chi connectivity index (χ3v) is 9.93. The first-order chi connectivity index (χ1) is 16.5. The molecule has 0 unspecified atom stereocenters. The van der Waals surface area contributed by atoms with Gasteiger partial charge in [-0.25, -0.2) is 22.7 Å². The largest absolute Gasteiger partial charge is 0.338 e. The van der Waals surface area contributed by atoms with Crippen molar-refractivity contribution in [2.24, 2.45) is 5.92 Å². The van der Waals surface area contributed by atoms with E-state index in [0.29, 0.717) is 30.6 Å². The zero-order chi connectivity index (χ0) is 25.4. The van der Waals surface area contributed by atoms with Crippen molar-refractivity contribution >= 4 is 15.9 Å². The van der Waals surface area contributed by atoms with Crippen LogP contribution in [0.2, 0.25) is 0 Å². The Morgan fingerprint density at radius 1 is 1.03 bits per heavy atom. The molecule has 0 bridgehead atoms. The minimum atomic E-state index is -3.07. The molecule has 4 rings (SSSR count). The molecule has 9 nitrogen and oxygen atoms in total. The van der Waals surface area contributed by atoms with Gasteiger partial charge in [0.25, 0.3) is 5.91 Å². The maximum Gasteiger partial charge on any atom is 0.257 e. The molecular weight excluding hydrogens is 464 g/mol. The summed E-state index contributed by atoms with van der Waals surface area (Å²) in [6.45, 7) is 15.5. The van der Waals surface area contributed by atoms with Crippen molar-refractivity contribution in [3.63, 3.8) is 0 Å². The van der Waals surface area contributed by atoms with Crippen LogP contribution in [0.15, 0.2) is 6.33 Å². The summed E-state index contributed by atoms with van der Waals surface area (Å²) in [5, 5.41) is 0. The highest BCUT2D eigenvalue weighted by Crippen LogP contribution is 2.32. The lowest BCUT2D eigenvalue weighted by molar-refractivity contribution is -0.0223. The molecule has 3 fully saturated rings. The number of nitrogens with zero attached hydrogens (tertiary/aromatic N) is 6. The summed E-state index contributed by atoms with van der Waals surface area (Å²) in [6, 6.07) is 0.472. The minimum Gasteiger partial charge on any atom is -0.338 e. The van der Waals surface area contributed by atoms with E-state index in [-0.39, 0.29) is 11.4 Å². The zero-order valence-corrected chi connectivity index (χ0v) is 22.9. The molecule has 1 atom stereocenters. The number of hydrogen-bond acceptors (Lipinski definition) is 7. The number of likely N-dealkylation sites (tertiary alicyclic amines) is 1. The molecule has 3 aliphatic rings. The van der Waals surface area contributed by atoms with E-state index in [0.717, 1.165) is 76.3 Å². The molecule has 10 heteroatoms. The smallest absolute Gasteiger partial charge is 0.257 e. The first kappa shape index (κ1) is 26.4. The third-order valence-electron chi connectivity index (χ3n) is 8.63. The molecule has 0 N–H and O–H groups in total. The van der Waals surface area contributed by atoms with E-state index in [9.17, 15) is 13.2 Å². The van der Waals surface area contributed by atoms with Gasteiger partial charge in [0.2, 0.25) is 10.0 Å². The van der Waals surface area contributed by atoms with Crippen molar-refractivity contribution in [1.29, 1.82) is 0 Å². The number of amides is 1. The monoisotopic (exact) mass is 506 g/mol. The molecule has 4 heterocycles. The number of rotatable bonds is 5. The highest BCUT2D eigenvalue weighted by Gasteiger charge is 2.40. The van der Waals surface area contributed by atoms with Crippen LogP contribution in [0.5, 0.6) is 0 Å². The highest BCUT2D eigenvalue weighted by atomic mass is 32.2. The second-order valence-corrected chi connectivity index (χ2v) is 13.1. The van der Waals surface area contributed by atoms with Gasteiger partial charge < -0.3 is 4.90 Å². The predicted molar refractivity (Wildman–Crippen MR) is 137 cm³/mol. The molecule has 0 aromatic carbocycles. The van der Waals surface area contributed by atoms with Gasteiger partial charge >= 0.3 is 0 Å². The maximum absolute atomic E-state index is 13.2. The second kappa shape index (κ2) is 10.4. The first-order valence-corrected chi connectivity index (χ1v) is 14.8. The van der Waals surface area contributed by atoms with Gasteiger partial charge in [-0.3, -0.25) is 14.6 Å². The van der Waals surface area contributed by atoms with Gasteiger partial charge in [0.15, 0.2) is 0 Å². The van der Waals surface area contributed by atoms with Crippen LogP contribution < -0.4 is 0 Å². The van der Waals surface area contributed by atoms with Crippen molar-refractivity contribution in [3.8, 4) is 0 Å². The molecule has 0 saturated carbocycles. The number of sulfonamides is 1. The van der Waals surface area contributed by atoms with Crippen molar-refractivity contribution in [1.82, 2.24) is 29.0 Å². The van der Waals surface area contributed by atoms with Gasteiger partial charge in [0, 0.05) is 63.9 Å². The highest BCUT2D eigenvalue weighted by molar-refractivity contribution is 7.88. The number of carbonyl (C=O) groups excluding carboxylic acids is 1. The molecule has 1 aromatic heterocycles. The molecule has 35 heavy (non-hydrogen) atoms. The minimum absolute atomic E-state index is 0.0581.